The van der Waals surface area contributed by atoms with Crippen molar-refractivity contribution >= 4 is 12.8 Å². The number of benzene rings is 2. The summed E-state index contributed by atoms with van der Waals surface area (Å²) in [7, 11) is 0. The van der Waals surface area contributed by atoms with Crippen LogP contribution in [0.1, 0.15) is 5.56 Å². The second kappa shape index (κ2) is 7.92. The quantitative estimate of drug-likeness (QED) is 0.328. The van der Waals surface area contributed by atoms with Gasteiger partial charge in [-0.15, -0.1) is 5.21 Å². The van der Waals surface area contributed by atoms with Crippen molar-refractivity contribution in [3.63, 3.8) is 0 Å². The molecule has 0 amide bonds. The van der Waals surface area contributed by atoms with E-state index in [1.54, 1.807) is 0 Å². The first kappa shape index (κ1) is 19.7. The predicted molar refractivity (Wildman–Crippen MR) is 93.8 cm³/mol. The van der Waals surface area contributed by atoms with Crippen LogP contribution in [-0.2, 0) is 6.61 Å². The lowest BCUT2D eigenvalue weighted by Gasteiger charge is -2.11. The largest absolute Gasteiger partial charge is 0.489 e. The fraction of sp³-hybridized carbons (Fsp3) is 0.0588. The van der Waals surface area contributed by atoms with Gasteiger partial charge >= 0.3 is 0 Å². The standard InChI is InChI=1S/C17H12F3N3O4S/c18-15-7-10(13-5-6-21-22-17(13)24)8-16(19)14(15)9-26-11-1-3-12(4-2-11)27-23(20,25)28/h1-8,25,28H,9H2/p+1. The lowest BCUT2D eigenvalue weighted by atomic mass is 10.0. The number of quaternary nitrogens is 1. The van der Waals surface area contributed by atoms with Gasteiger partial charge < -0.3 is 4.74 Å². The van der Waals surface area contributed by atoms with Crippen LogP contribution in [-0.4, -0.2) is 19.8 Å². The molecule has 1 atom stereocenters. The van der Waals surface area contributed by atoms with Gasteiger partial charge in [-0.05, 0) is 48.0 Å². The highest BCUT2D eigenvalue weighted by molar-refractivity contribution is 7.73. The zero-order chi connectivity index (χ0) is 20.3. The summed E-state index contributed by atoms with van der Waals surface area (Å²) in [6.07, 6.45) is 1.30. The van der Waals surface area contributed by atoms with Crippen molar-refractivity contribution in [2.45, 2.75) is 6.61 Å². The summed E-state index contributed by atoms with van der Waals surface area (Å²) in [5.41, 5.74) is -0.772. The van der Waals surface area contributed by atoms with Crippen LogP contribution in [0.15, 0.2) is 53.5 Å². The number of aromatic nitrogens is 2. The van der Waals surface area contributed by atoms with Gasteiger partial charge in [0.05, 0.1) is 11.1 Å². The Hall–Kier alpha value is -3.02. The molecular weight excluding hydrogens is 399 g/mol. The van der Waals surface area contributed by atoms with Crippen molar-refractivity contribution in [3.8, 4) is 22.6 Å². The average Bonchev–Trinajstić information content (AvgIpc) is 2.61. The Morgan fingerprint density at radius 2 is 1.71 bits per heavy atom. The highest BCUT2D eigenvalue weighted by Crippen LogP contribution is 2.25. The van der Waals surface area contributed by atoms with Crippen LogP contribution in [0.5, 0.6) is 11.5 Å². The maximum absolute atomic E-state index is 14.3. The second-order valence-corrected chi connectivity index (χ2v) is 6.04. The van der Waals surface area contributed by atoms with E-state index in [1.807, 2.05) is 0 Å². The molecule has 1 heterocycles. The fourth-order valence-electron chi connectivity index (χ4n) is 2.35. The number of rotatable bonds is 6. The number of ether oxygens (including phenoxy) is 1. The van der Waals surface area contributed by atoms with Crippen molar-refractivity contribution in [3.05, 3.63) is 76.2 Å². The zero-order valence-corrected chi connectivity index (χ0v) is 14.9. The molecular formula is C17H13F3N3O4S+. The minimum absolute atomic E-state index is 0.0587. The van der Waals surface area contributed by atoms with E-state index < -0.39 is 28.2 Å². The van der Waals surface area contributed by atoms with Crippen molar-refractivity contribution in [1.82, 2.24) is 10.2 Å². The van der Waals surface area contributed by atoms with Crippen molar-refractivity contribution < 1.29 is 32.5 Å². The Morgan fingerprint density at radius 1 is 1.11 bits per heavy atom. The molecule has 146 valence electrons. The van der Waals surface area contributed by atoms with E-state index in [2.05, 4.69) is 27.8 Å². The molecule has 0 aliphatic rings. The monoisotopic (exact) mass is 412 g/mol. The Kier molecular flexibility index (Phi) is 5.58. The topological polar surface area (TPSA) is 84.4 Å². The molecule has 2 aromatic carbocycles. The molecule has 11 heteroatoms. The van der Waals surface area contributed by atoms with Crippen LogP contribution in [0, 0.1) is 11.6 Å². The molecule has 0 fully saturated rings. The third-order valence-electron chi connectivity index (χ3n) is 3.61. The second-order valence-electron chi connectivity index (χ2n) is 5.54. The van der Waals surface area contributed by atoms with Gasteiger partial charge in [-0.1, -0.05) is 0 Å². The highest BCUT2D eigenvalue weighted by Gasteiger charge is 2.24. The van der Waals surface area contributed by atoms with E-state index in [4.69, 9.17) is 9.94 Å². The molecule has 3 aromatic rings. The molecule has 0 aliphatic carbocycles. The summed E-state index contributed by atoms with van der Waals surface area (Å²) in [6.45, 7) is -0.430. The van der Waals surface area contributed by atoms with Gasteiger partial charge in [0.15, 0.2) is 12.8 Å². The summed E-state index contributed by atoms with van der Waals surface area (Å²) in [5.74, 6) is -1.62. The third-order valence-corrected chi connectivity index (χ3v) is 3.69. The van der Waals surface area contributed by atoms with E-state index >= 15 is 0 Å². The zero-order valence-electron chi connectivity index (χ0n) is 14.0. The minimum atomic E-state index is -2.51. The summed E-state index contributed by atoms with van der Waals surface area (Å²) in [5, 5.41) is 14.5. The average molecular weight is 412 g/mol. The Labute approximate surface area is 161 Å². The first-order valence-electron chi connectivity index (χ1n) is 7.71. The molecule has 0 radical (unpaired) electrons. The van der Waals surface area contributed by atoms with Crippen molar-refractivity contribution in [2.75, 3.05) is 0 Å². The van der Waals surface area contributed by atoms with Crippen LogP contribution in [0.25, 0.3) is 11.1 Å². The number of H-pyrrole nitrogens is 1. The maximum Gasteiger partial charge on any atom is 0.272 e. The van der Waals surface area contributed by atoms with Gasteiger partial charge in [0.25, 0.3) is 5.56 Å². The summed E-state index contributed by atoms with van der Waals surface area (Å²) < 4.78 is 44.3. The summed E-state index contributed by atoms with van der Waals surface area (Å²) >= 11 is 3.11. The SMILES string of the molecule is O=c1[nH]nccc1-c1cc(F)c(COc2ccc(O[N+](O)(F)S)cc2)c(F)c1. The molecule has 0 spiro atoms. The number of thiol groups is 1. The number of nitrogens with zero attached hydrogens (tertiary/aromatic N) is 2. The fourth-order valence-corrected chi connectivity index (χ4v) is 2.45. The van der Waals surface area contributed by atoms with Gasteiger partial charge in [0, 0.05) is 6.20 Å². The van der Waals surface area contributed by atoms with E-state index in [0.29, 0.717) is 0 Å². The lowest BCUT2D eigenvalue weighted by Crippen LogP contribution is -2.27. The molecule has 2 N–H and O–H groups in total. The Morgan fingerprint density at radius 3 is 2.29 bits per heavy atom. The Bertz CT molecular complexity index is 1020. The molecule has 0 bridgehead atoms. The first-order chi connectivity index (χ1) is 13.2. The maximum atomic E-state index is 14.3. The predicted octanol–water partition coefficient (Wildman–Crippen LogP) is 3.52. The molecule has 0 saturated heterocycles. The smallest absolute Gasteiger partial charge is 0.272 e. The number of nitrogens with one attached hydrogen (secondary N) is 1. The van der Waals surface area contributed by atoms with E-state index in [9.17, 15) is 18.1 Å². The molecule has 3 rings (SSSR count). The Balaban J connectivity index is 1.75. The molecule has 0 saturated carbocycles. The van der Waals surface area contributed by atoms with Crippen molar-refractivity contribution in [1.29, 1.82) is 0 Å². The van der Waals surface area contributed by atoms with Gasteiger partial charge in [0.1, 0.15) is 28.5 Å². The number of hydrogen-bond donors (Lipinski definition) is 3. The molecule has 7 nitrogen and oxygen atoms in total. The number of hydrogen-bond acceptors (Lipinski definition) is 6. The normalized spacial score (nSPS) is 13.0. The number of halogens is 3. The lowest BCUT2D eigenvalue weighted by molar-refractivity contribution is -1.22. The van der Waals surface area contributed by atoms with Crippen molar-refractivity contribution in [2.24, 2.45) is 0 Å². The third kappa shape index (κ3) is 4.82. The van der Waals surface area contributed by atoms with Crippen LogP contribution in [0.3, 0.4) is 0 Å². The summed E-state index contributed by atoms with van der Waals surface area (Å²) in [4.78, 5) is 16.1. The minimum Gasteiger partial charge on any atom is -0.489 e. The highest BCUT2D eigenvalue weighted by atomic mass is 32.1. The molecule has 28 heavy (non-hydrogen) atoms. The van der Waals surface area contributed by atoms with Gasteiger partial charge in [-0.3, -0.25) is 4.79 Å². The molecule has 1 aromatic heterocycles. The summed E-state index contributed by atoms with van der Waals surface area (Å²) in [6, 6.07) is 8.61. The van der Waals surface area contributed by atoms with Crippen LogP contribution >= 0.6 is 12.8 Å². The van der Waals surface area contributed by atoms with Crippen LogP contribution in [0.2, 0.25) is 0 Å². The molecule has 0 aliphatic heterocycles. The number of aromatic amines is 1. The van der Waals surface area contributed by atoms with E-state index in [1.165, 1.54) is 36.5 Å². The van der Waals surface area contributed by atoms with E-state index in [-0.39, 0.29) is 28.2 Å². The van der Waals surface area contributed by atoms with Crippen LogP contribution in [0.4, 0.5) is 13.3 Å². The van der Waals surface area contributed by atoms with Gasteiger partial charge in [-0.2, -0.15) is 5.10 Å². The van der Waals surface area contributed by atoms with Crippen LogP contribution < -0.4 is 15.1 Å². The van der Waals surface area contributed by atoms with Gasteiger partial charge in [-0.25, -0.2) is 18.7 Å². The van der Waals surface area contributed by atoms with Gasteiger partial charge in [0.2, 0.25) is 10.2 Å². The first-order valence-corrected chi connectivity index (χ1v) is 8.11. The molecule has 1 unspecified atom stereocenters. The van der Waals surface area contributed by atoms with E-state index in [0.717, 1.165) is 12.1 Å².